The summed E-state index contributed by atoms with van der Waals surface area (Å²) in [6, 6.07) is 11.9. The summed E-state index contributed by atoms with van der Waals surface area (Å²) in [5, 5.41) is 6.22. The lowest BCUT2D eigenvalue weighted by atomic mass is 10.2. The molecule has 0 aliphatic rings. The van der Waals surface area contributed by atoms with Gasteiger partial charge < -0.3 is 19.1 Å². The number of nitrogens with one attached hydrogen (secondary N) is 1. The quantitative estimate of drug-likeness (QED) is 0.460. The number of imidazole rings is 1. The van der Waals surface area contributed by atoms with E-state index in [0.717, 1.165) is 5.56 Å². The molecule has 4 aromatic rings. The largest absolute Gasteiger partial charge is 0.497 e. The fraction of sp³-hybridized carbons (Fsp3) is 0.182. The molecule has 0 atom stereocenters. The first-order valence-electron chi connectivity index (χ1n) is 9.72. The van der Waals surface area contributed by atoms with Crippen LogP contribution in [0.5, 0.6) is 5.75 Å². The average Bonchev–Trinajstić information content (AvgIpc) is 3.45. The Bertz CT molecular complexity index is 1280. The molecule has 1 N–H and O–H groups in total. The number of ether oxygens (including phenoxy) is 1. The van der Waals surface area contributed by atoms with Gasteiger partial charge in [0.2, 0.25) is 11.7 Å². The molecule has 170 valence electrons. The lowest BCUT2D eigenvalue weighted by molar-refractivity contribution is -0.159. The third kappa shape index (κ3) is 5.03. The molecule has 0 aliphatic carbocycles. The number of aryl methyl sites for hydroxylation is 1. The Morgan fingerprint density at radius 3 is 2.61 bits per heavy atom. The van der Waals surface area contributed by atoms with E-state index >= 15 is 0 Å². The van der Waals surface area contributed by atoms with E-state index in [2.05, 4.69) is 25.0 Å². The fourth-order valence-electron chi connectivity index (χ4n) is 3.06. The maximum atomic E-state index is 12.6. The van der Waals surface area contributed by atoms with Gasteiger partial charge in [-0.3, -0.25) is 4.79 Å². The van der Waals surface area contributed by atoms with Gasteiger partial charge in [0.15, 0.2) is 0 Å². The van der Waals surface area contributed by atoms with Crippen molar-refractivity contribution < 1.29 is 27.2 Å². The van der Waals surface area contributed by atoms with E-state index in [9.17, 15) is 18.0 Å². The third-order valence-electron chi connectivity index (χ3n) is 4.79. The number of carbonyl (C=O) groups excluding carboxylic acids is 1. The topological polar surface area (TPSA) is 95.1 Å². The minimum atomic E-state index is -4.70. The summed E-state index contributed by atoms with van der Waals surface area (Å²) in [6.45, 7) is 1.88. The van der Waals surface area contributed by atoms with E-state index in [1.807, 2.05) is 19.1 Å². The van der Waals surface area contributed by atoms with E-state index in [4.69, 9.17) is 4.74 Å². The van der Waals surface area contributed by atoms with Crippen LogP contribution in [0.4, 0.5) is 18.9 Å². The van der Waals surface area contributed by atoms with Crippen LogP contribution in [-0.2, 0) is 17.4 Å². The maximum absolute atomic E-state index is 12.6. The van der Waals surface area contributed by atoms with Crippen LogP contribution >= 0.6 is 0 Å². The Morgan fingerprint density at radius 2 is 1.94 bits per heavy atom. The van der Waals surface area contributed by atoms with Gasteiger partial charge in [0, 0.05) is 29.2 Å². The first-order valence-corrected chi connectivity index (χ1v) is 9.72. The van der Waals surface area contributed by atoms with Crippen molar-refractivity contribution in [2.24, 2.45) is 0 Å². The smallest absolute Gasteiger partial charge is 0.471 e. The molecule has 0 spiro atoms. The SMILES string of the molecule is COc1ccc(C)c(NC(=O)Cc2cn(-c3ccc(-c4noc(C(F)(F)F)n4)cc3)cn2)c1. The second kappa shape index (κ2) is 8.77. The molecule has 0 bridgehead atoms. The molecule has 8 nitrogen and oxygen atoms in total. The van der Waals surface area contributed by atoms with Crippen LogP contribution in [0.1, 0.15) is 17.1 Å². The van der Waals surface area contributed by atoms with Gasteiger partial charge in [0.25, 0.3) is 0 Å². The molecular weight excluding hydrogens is 439 g/mol. The van der Waals surface area contributed by atoms with Gasteiger partial charge in [-0.05, 0) is 42.8 Å². The molecule has 2 aromatic carbocycles. The van der Waals surface area contributed by atoms with Gasteiger partial charge in [-0.2, -0.15) is 18.2 Å². The Morgan fingerprint density at radius 1 is 1.18 bits per heavy atom. The van der Waals surface area contributed by atoms with E-state index < -0.39 is 12.1 Å². The molecule has 2 aromatic heterocycles. The van der Waals surface area contributed by atoms with Crippen molar-refractivity contribution in [3.8, 4) is 22.8 Å². The predicted molar refractivity (Wildman–Crippen MR) is 112 cm³/mol. The highest BCUT2D eigenvalue weighted by Crippen LogP contribution is 2.29. The van der Waals surface area contributed by atoms with Crippen molar-refractivity contribution in [3.63, 3.8) is 0 Å². The van der Waals surface area contributed by atoms with Crippen molar-refractivity contribution >= 4 is 11.6 Å². The standard InChI is InChI=1S/C22H18F3N5O3/c1-13-3-8-17(32-2)10-18(13)27-19(31)9-15-11-30(12-26-15)16-6-4-14(5-7-16)20-28-21(33-29-20)22(23,24)25/h3-8,10-12H,9H2,1-2H3,(H,27,31). The molecule has 33 heavy (non-hydrogen) atoms. The number of hydrogen-bond acceptors (Lipinski definition) is 6. The van der Waals surface area contributed by atoms with Crippen LogP contribution in [0.25, 0.3) is 17.1 Å². The zero-order valence-corrected chi connectivity index (χ0v) is 17.6. The molecule has 4 rings (SSSR count). The zero-order valence-electron chi connectivity index (χ0n) is 17.6. The minimum absolute atomic E-state index is 0.0603. The highest BCUT2D eigenvalue weighted by Gasteiger charge is 2.38. The Kier molecular flexibility index (Phi) is 5.86. The molecule has 0 saturated heterocycles. The van der Waals surface area contributed by atoms with Crippen LogP contribution in [0.15, 0.2) is 59.5 Å². The number of rotatable bonds is 6. The molecule has 0 saturated carbocycles. The average molecular weight is 457 g/mol. The highest BCUT2D eigenvalue weighted by molar-refractivity contribution is 5.93. The number of methoxy groups -OCH3 is 1. The first-order chi connectivity index (χ1) is 15.7. The zero-order chi connectivity index (χ0) is 23.6. The van der Waals surface area contributed by atoms with E-state index in [-0.39, 0.29) is 18.2 Å². The molecule has 1 amide bonds. The molecule has 11 heteroatoms. The molecule has 2 heterocycles. The summed E-state index contributed by atoms with van der Waals surface area (Å²) >= 11 is 0. The molecule has 0 unspecified atom stereocenters. The molecule has 0 radical (unpaired) electrons. The fourth-order valence-corrected chi connectivity index (χ4v) is 3.06. The van der Waals surface area contributed by atoms with Crippen molar-refractivity contribution in [1.29, 1.82) is 0 Å². The number of halogens is 3. The number of carbonyl (C=O) groups is 1. The summed E-state index contributed by atoms with van der Waals surface area (Å²) in [7, 11) is 1.55. The minimum Gasteiger partial charge on any atom is -0.497 e. The lowest BCUT2D eigenvalue weighted by Crippen LogP contribution is -2.15. The van der Waals surface area contributed by atoms with Gasteiger partial charge in [0.1, 0.15) is 5.75 Å². The second-order valence-electron chi connectivity index (χ2n) is 7.15. The van der Waals surface area contributed by atoms with Gasteiger partial charge in [0.05, 0.1) is 25.6 Å². The van der Waals surface area contributed by atoms with Crippen molar-refractivity contribution in [3.05, 3.63) is 72.1 Å². The third-order valence-corrected chi connectivity index (χ3v) is 4.79. The Labute approximate surface area is 186 Å². The summed E-state index contributed by atoms with van der Waals surface area (Å²) in [4.78, 5) is 20.1. The van der Waals surface area contributed by atoms with Crippen LogP contribution in [-0.4, -0.2) is 32.7 Å². The van der Waals surface area contributed by atoms with Crippen molar-refractivity contribution in [2.45, 2.75) is 19.5 Å². The van der Waals surface area contributed by atoms with Crippen LogP contribution in [0, 0.1) is 6.92 Å². The van der Waals surface area contributed by atoms with Gasteiger partial charge in [-0.15, -0.1) is 0 Å². The maximum Gasteiger partial charge on any atom is 0.471 e. The summed E-state index contributed by atoms with van der Waals surface area (Å²) in [5.41, 5.74) is 3.17. The lowest BCUT2D eigenvalue weighted by Gasteiger charge is -2.09. The first kappa shape index (κ1) is 22.1. The summed E-state index contributed by atoms with van der Waals surface area (Å²) in [6.07, 6.45) is -1.39. The monoisotopic (exact) mass is 457 g/mol. The van der Waals surface area contributed by atoms with E-state index in [1.54, 1.807) is 54.5 Å². The van der Waals surface area contributed by atoms with Gasteiger partial charge >= 0.3 is 12.1 Å². The van der Waals surface area contributed by atoms with Crippen molar-refractivity contribution in [1.82, 2.24) is 19.7 Å². The number of nitrogens with zero attached hydrogens (tertiary/aromatic N) is 4. The van der Waals surface area contributed by atoms with Crippen LogP contribution in [0.3, 0.4) is 0 Å². The Balaban J connectivity index is 1.43. The number of anilines is 1. The molecule has 0 fully saturated rings. The highest BCUT2D eigenvalue weighted by atomic mass is 19.4. The second-order valence-corrected chi connectivity index (χ2v) is 7.15. The van der Waals surface area contributed by atoms with Crippen LogP contribution < -0.4 is 10.1 Å². The van der Waals surface area contributed by atoms with Crippen molar-refractivity contribution in [2.75, 3.05) is 12.4 Å². The van der Waals surface area contributed by atoms with E-state index in [0.29, 0.717) is 28.4 Å². The Hall–Kier alpha value is -4.15. The number of hydrogen-bond donors (Lipinski definition) is 1. The van der Waals surface area contributed by atoms with E-state index in [1.165, 1.54) is 0 Å². The number of amides is 1. The van der Waals surface area contributed by atoms with Crippen LogP contribution in [0.2, 0.25) is 0 Å². The summed E-state index contributed by atoms with van der Waals surface area (Å²) in [5.74, 6) is -1.16. The normalized spacial score (nSPS) is 11.4. The number of benzene rings is 2. The molecule has 0 aliphatic heterocycles. The number of aromatic nitrogens is 4. The summed E-state index contributed by atoms with van der Waals surface area (Å²) < 4.78 is 49.0. The molecular formula is C22H18F3N5O3. The number of alkyl halides is 3. The predicted octanol–water partition coefficient (Wildman–Crippen LogP) is 4.44. The van der Waals surface area contributed by atoms with Gasteiger partial charge in [-0.25, -0.2) is 4.98 Å². The van der Waals surface area contributed by atoms with Gasteiger partial charge in [-0.1, -0.05) is 11.2 Å².